The molecule has 5 heteroatoms. The molecular weight excluding hydrogens is 108 g/mol. The van der Waals surface area contributed by atoms with E-state index in [1.165, 1.54) is 7.05 Å². The first kappa shape index (κ1) is 7.06. The molecule has 0 spiro atoms. The average molecular weight is 118 g/mol. The van der Waals surface area contributed by atoms with Gasteiger partial charge in [0.1, 0.15) is 0 Å². The Bertz CT molecular complexity index is 104. The highest BCUT2D eigenvalue weighted by Crippen LogP contribution is 1.64. The number of quaternary nitrogens is 1. The van der Waals surface area contributed by atoms with Gasteiger partial charge >= 0.3 is 0 Å². The molecule has 0 radical (unpaired) electrons. The molecule has 0 amide bonds. The lowest BCUT2D eigenvalue weighted by atomic mass is 10.7. The predicted molar refractivity (Wildman–Crippen MR) is 29.8 cm³/mol. The van der Waals surface area contributed by atoms with Gasteiger partial charge in [-0.1, -0.05) is 0 Å². The summed E-state index contributed by atoms with van der Waals surface area (Å²) in [7, 11) is 1.30. The molecule has 0 aliphatic heterocycles. The van der Waals surface area contributed by atoms with Crippen LogP contribution in [0.4, 0.5) is 0 Å². The zero-order valence-corrected chi connectivity index (χ0v) is 4.64. The number of hydrogen-bond donors (Lipinski definition) is 4. The third kappa shape index (κ3) is 1.67. The van der Waals surface area contributed by atoms with Crippen molar-refractivity contribution in [1.82, 2.24) is 0 Å². The van der Waals surface area contributed by atoms with Crippen molar-refractivity contribution >= 4 is 0 Å². The summed E-state index contributed by atoms with van der Waals surface area (Å²) >= 11 is 0. The van der Waals surface area contributed by atoms with Crippen LogP contribution in [0.25, 0.3) is 0 Å². The summed E-state index contributed by atoms with van der Waals surface area (Å²) in [5, 5.41) is 9.94. The monoisotopic (exact) mass is 118 g/mol. The van der Waals surface area contributed by atoms with Crippen LogP contribution >= 0.6 is 0 Å². The Morgan fingerprint density at radius 2 is 1.75 bits per heavy atom. The van der Waals surface area contributed by atoms with Gasteiger partial charge in [0.15, 0.2) is 5.82 Å². The highest BCUT2D eigenvalue weighted by Gasteiger charge is 1.96. The highest BCUT2D eigenvalue weighted by molar-refractivity contribution is 4.92. The van der Waals surface area contributed by atoms with Gasteiger partial charge in [-0.15, -0.1) is 0 Å². The van der Waals surface area contributed by atoms with E-state index in [-0.39, 0.29) is 16.7 Å². The third-order valence-corrected chi connectivity index (χ3v) is 0.690. The lowest BCUT2D eigenvalue weighted by molar-refractivity contribution is -0.784. The molecule has 7 N–H and O–H groups in total. The summed E-state index contributed by atoms with van der Waals surface area (Å²) in [6.07, 6.45) is 0. The molecule has 48 valence electrons. The summed E-state index contributed by atoms with van der Waals surface area (Å²) in [6.45, 7) is 0. The van der Waals surface area contributed by atoms with E-state index in [2.05, 4.69) is 0 Å². The van der Waals surface area contributed by atoms with Gasteiger partial charge < -0.3 is 27.5 Å². The fraction of sp³-hybridized carbons (Fsp3) is 0.333. The standard InChI is InChI=1S/C3H10N4O/c1-7(8)3(6)2(4)5/h7H,4-6H2,1H3. The largest absolute Gasteiger partial charge is 0.628 e. The van der Waals surface area contributed by atoms with Crippen molar-refractivity contribution in [1.29, 1.82) is 0 Å². The molecule has 1 atom stereocenters. The van der Waals surface area contributed by atoms with Crippen molar-refractivity contribution in [2.24, 2.45) is 17.2 Å². The normalized spacial score (nSPS) is 12.8. The van der Waals surface area contributed by atoms with Crippen LogP contribution in [-0.2, 0) is 0 Å². The molecule has 0 bridgehead atoms. The van der Waals surface area contributed by atoms with Gasteiger partial charge in [0, 0.05) is 0 Å². The zero-order valence-electron chi connectivity index (χ0n) is 4.64. The molecule has 0 aromatic heterocycles. The van der Waals surface area contributed by atoms with Crippen molar-refractivity contribution in [3.8, 4) is 0 Å². The minimum absolute atomic E-state index is 0.0648. The van der Waals surface area contributed by atoms with Gasteiger partial charge in [-0.05, 0) is 0 Å². The van der Waals surface area contributed by atoms with E-state index in [0.29, 0.717) is 0 Å². The molecule has 0 heterocycles. The van der Waals surface area contributed by atoms with Gasteiger partial charge in [-0.3, -0.25) is 0 Å². The van der Waals surface area contributed by atoms with E-state index >= 15 is 0 Å². The molecule has 0 aromatic carbocycles. The molecule has 8 heavy (non-hydrogen) atoms. The van der Waals surface area contributed by atoms with E-state index in [9.17, 15) is 5.21 Å². The quantitative estimate of drug-likeness (QED) is 0.275. The topological polar surface area (TPSA) is 106 Å². The van der Waals surface area contributed by atoms with Crippen LogP contribution in [0.3, 0.4) is 0 Å². The van der Waals surface area contributed by atoms with Crippen molar-refractivity contribution < 1.29 is 5.06 Å². The summed E-state index contributed by atoms with van der Waals surface area (Å²) in [6, 6.07) is 0. The van der Waals surface area contributed by atoms with Crippen molar-refractivity contribution in [3.05, 3.63) is 16.8 Å². The van der Waals surface area contributed by atoms with Gasteiger partial charge in [0.2, 0.25) is 5.82 Å². The minimum Gasteiger partial charge on any atom is -0.628 e. The molecule has 5 nitrogen and oxygen atoms in total. The van der Waals surface area contributed by atoms with Gasteiger partial charge in [0.25, 0.3) is 0 Å². The zero-order chi connectivity index (χ0) is 6.73. The van der Waals surface area contributed by atoms with Gasteiger partial charge in [0.05, 0.1) is 7.05 Å². The summed E-state index contributed by atoms with van der Waals surface area (Å²) in [4.78, 5) is 0. The Labute approximate surface area is 47.3 Å². The molecule has 0 fully saturated rings. The van der Waals surface area contributed by atoms with Crippen LogP contribution in [0.2, 0.25) is 0 Å². The first-order valence-corrected chi connectivity index (χ1v) is 2.07. The van der Waals surface area contributed by atoms with E-state index in [0.717, 1.165) is 0 Å². The van der Waals surface area contributed by atoms with Crippen molar-refractivity contribution in [3.63, 3.8) is 0 Å². The van der Waals surface area contributed by atoms with Crippen LogP contribution in [-0.4, -0.2) is 7.05 Å². The number of nitrogens with two attached hydrogens (primary N) is 3. The number of hydroxylamine groups is 2. The molecular formula is C3H10N4O. The van der Waals surface area contributed by atoms with Gasteiger partial charge in [-0.2, -0.15) is 0 Å². The first-order chi connectivity index (χ1) is 3.55. The SMILES string of the molecule is C[NH+]([O-])C(N)=C(N)N. The Morgan fingerprint density at radius 1 is 1.38 bits per heavy atom. The van der Waals surface area contributed by atoms with Crippen LogP contribution in [0.5, 0.6) is 0 Å². The molecule has 0 aliphatic rings. The maximum Gasteiger partial charge on any atom is 0.237 e. The van der Waals surface area contributed by atoms with Crippen LogP contribution in [0.15, 0.2) is 11.6 Å². The molecule has 0 aliphatic carbocycles. The number of rotatable bonds is 1. The molecule has 0 aromatic rings. The van der Waals surface area contributed by atoms with Crippen LogP contribution in [0.1, 0.15) is 0 Å². The summed E-state index contributed by atoms with van der Waals surface area (Å²) < 4.78 is 0. The Kier molecular flexibility index (Phi) is 2.11. The first-order valence-electron chi connectivity index (χ1n) is 2.07. The lowest BCUT2D eigenvalue weighted by Gasteiger charge is -2.15. The molecule has 0 saturated heterocycles. The number of hydrogen-bond acceptors (Lipinski definition) is 4. The second-order valence-electron chi connectivity index (χ2n) is 1.43. The summed E-state index contributed by atoms with van der Waals surface area (Å²) in [5.74, 6) is -0.178. The second-order valence-corrected chi connectivity index (χ2v) is 1.43. The predicted octanol–water partition coefficient (Wildman–Crippen LogP) is -3.00. The van der Waals surface area contributed by atoms with Crippen LogP contribution < -0.4 is 22.3 Å². The van der Waals surface area contributed by atoms with E-state index < -0.39 is 0 Å². The molecule has 0 saturated carbocycles. The lowest BCUT2D eigenvalue weighted by Crippen LogP contribution is -3.03. The fourth-order valence-corrected chi connectivity index (χ4v) is 0.203. The highest BCUT2D eigenvalue weighted by atomic mass is 16.5. The molecule has 0 rings (SSSR count). The van der Waals surface area contributed by atoms with Gasteiger partial charge in [-0.25, -0.2) is 0 Å². The van der Waals surface area contributed by atoms with E-state index in [4.69, 9.17) is 17.2 Å². The van der Waals surface area contributed by atoms with Crippen LogP contribution in [0, 0.1) is 5.21 Å². The number of nitrogens with one attached hydrogen (secondary N) is 1. The second kappa shape index (κ2) is 2.39. The average Bonchev–Trinajstić information content (AvgIpc) is 1.64. The minimum atomic E-state index is -0.301. The maximum atomic E-state index is 10.2. The maximum absolute atomic E-state index is 10.2. The van der Waals surface area contributed by atoms with E-state index in [1.807, 2.05) is 0 Å². The third-order valence-electron chi connectivity index (χ3n) is 0.690. The van der Waals surface area contributed by atoms with Crippen molar-refractivity contribution in [2.45, 2.75) is 0 Å². The fourth-order valence-electron chi connectivity index (χ4n) is 0.203. The smallest absolute Gasteiger partial charge is 0.237 e. The Hall–Kier alpha value is -0.940. The summed E-state index contributed by atoms with van der Waals surface area (Å²) in [5.41, 5.74) is 14.9. The Morgan fingerprint density at radius 3 is 1.75 bits per heavy atom. The van der Waals surface area contributed by atoms with Crippen molar-refractivity contribution in [2.75, 3.05) is 7.05 Å². The molecule has 1 unspecified atom stereocenters. The van der Waals surface area contributed by atoms with E-state index in [1.54, 1.807) is 0 Å². The Balaban J connectivity index is 4.00.